The van der Waals surface area contributed by atoms with Crippen LogP contribution in [0.5, 0.6) is 0 Å². The van der Waals surface area contributed by atoms with Gasteiger partial charge in [0.1, 0.15) is 6.23 Å². The third kappa shape index (κ3) is 40.6. The van der Waals surface area contributed by atoms with E-state index in [9.17, 15) is 22.8 Å². The Balaban J connectivity index is -0.000000421. The number of esters is 2. The fraction of sp³-hybridized carbons (Fsp3) is 0.818. The maximum Gasteiger partial charge on any atom is 0.389 e. The lowest BCUT2D eigenvalue weighted by Gasteiger charge is -2.38. The third-order valence-electron chi connectivity index (χ3n) is 6.75. The van der Waals surface area contributed by atoms with Gasteiger partial charge in [0.25, 0.3) is 0 Å². The Kier molecular flexibility index (Phi) is 27.9. The molecule has 0 saturated carbocycles. The first kappa shape index (κ1) is 57.3. The summed E-state index contributed by atoms with van der Waals surface area (Å²) in [5, 5.41) is 0. The fourth-order valence-electron chi connectivity index (χ4n) is 3.87. The van der Waals surface area contributed by atoms with E-state index in [0.29, 0.717) is 11.1 Å². The van der Waals surface area contributed by atoms with Crippen molar-refractivity contribution in [2.45, 2.75) is 156 Å². The number of halogens is 3. The van der Waals surface area contributed by atoms with Gasteiger partial charge in [0, 0.05) is 32.8 Å². The Bertz CT molecular complexity index is 1040. The van der Waals surface area contributed by atoms with E-state index in [-0.39, 0.29) is 18.2 Å². The average molecular weight is 856 g/mol. The van der Waals surface area contributed by atoms with Gasteiger partial charge in [0.2, 0.25) is 8.32 Å². The van der Waals surface area contributed by atoms with Gasteiger partial charge in [-0.3, -0.25) is 0 Å². The molecule has 1 unspecified atom stereocenters. The zero-order valence-corrected chi connectivity index (χ0v) is 43.3. The number of hydrogen-bond donors (Lipinski definition) is 0. The van der Waals surface area contributed by atoms with Gasteiger partial charge in [-0.25, -0.2) is 9.59 Å². The first-order valence-corrected chi connectivity index (χ1v) is 39.4. The van der Waals surface area contributed by atoms with Crippen LogP contribution in [0.3, 0.4) is 0 Å². The van der Waals surface area contributed by atoms with E-state index in [1.165, 1.54) is 20.3 Å². The predicted molar refractivity (Wildman–Crippen MR) is 228 cm³/mol. The molecule has 0 heterocycles. The summed E-state index contributed by atoms with van der Waals surface area (Å²) in [7, 11) is -9.20. The molecule has 1 atom stereocenters. The molecule has 18 heteroatoms. The Morgan fingerprint density at radius 1 is 0.686 bits per heavy atom. The quantitative estimate of drug-likeness (QED) is 0.0812. The van der Waals surface area contributed by atoms with Crippen molar-refractivity contribution in [3.8, 4) is 0 Å². The molecular weight excluding hydrogens is 778 g/mol. The summed E-state index contributed by atoms with van der Waals surface area (Å²) in [6.45, 7) is 44.7. The van der Waals surface area contributed by atoms with Gasteiger partial charge in [-0.15, -0.1) is 0 Å². The highest BCUT2D eigenvalue weighted by Crippen LogP contribution is 2.32. The maximum absolute atomic E-state index is 12.7. The number of alkyl halides is 3. The molecule has 0 saturated heterocycles. The van der Waals surface area contributed by atoms with Gasteiger partial charge in [-0.1, -0.05) is 45.8 Å². The molecule has 306 valence electrons. The molecule has 0 N–H and O–H groups in total. The summed E-state index contributed by atoms with van der Waals surface area (Å²) in [5.41, 5.74) is 0.791. The molecule has 0 rings (SSSR count). The Morgan fingerprint density at radius 2 is 1.08 bits per heavy atom. The highest BCUT2D eigenvalue weighted by Gasteiger charge is 2.43. The second-order valence-electron chi connectivity index (χ2n) is 17.3. The Labute approximate surface area is 319 Å². The smallest absolute Gasteiger partial charge is 0.389 e. The van der Waals surface area contributed by atoms with Crippen LogP contribution in [0.15, 0.2) is 24.3 Å². The number of rotatable bonds is 17. The van der Waals surface area contributed by atoms with Gasteiger partial charge in [-0.2, -0.15) is 13.2 Å². The normalized spacial score (nSPS) is 13.6. The van der Waals surface area contributed by atoms with Crippen molar-refractivity contribution < 1.29 is 49.0 Å². The standard InChI is InChI=1S/C18H39F3O5Si4.C5H8O2.C5H16OSi2.C5H14Si/c1-16(2)17(22)24-15-29(8,9)25-27(4,5)13-14-28(6,7)26-30(10,23-3)12-11-18(19,20)21;1-4(2)5(6)7-3;1-7(2)6-8(3,4)5;1-5-6(2,3)4/h1,11-15H2,2-10H3;1H2,2-3H3;7H,1-5H3;5H2,1-4H3. The molecule has 0 aliphatic heterocycles. The number of methoxy groups -OCH3 is 1. The summed E-state index contributed by atoms with van der Waals surface area (Å²) in [6.07, 6.45) is -4.84. The molecule has 0 aliphatic carbocycles. The first-order valence-electron chi connectivity index (χ1n) is 17.6. The molecule has 51 heavy (non-hydrogen) atoms. The van der Waals surface area contributed by atoms with Gasteiger partial charge in [0.05, 0.1) is 7.11 Å². The van der Waals surface area contributed by atoms with E-state index in [0.717, 1.165) is 12.1 Å². The highest BCUT2D eigenvalue weighted by molar-refractivity contribution is 6.87. The molecule has 0 aromatic carbocycles. The SMILES string of the molecule is C=C(C)C(=O)OC.C=C(C)C(=O)OC[Si](C)(C)O[Si](C)(C)CC[Si](C)(C)O[Si](C)(CCC(F)(F)F)OC.CC[Si](C)(C)C.C[SiH](C)O[Si](C)(C)C. The molecule has 0 aromatic heterocycles. The highest BCUT2D eigenvalue weighted by atomic mass is 28.4. The molecule has 0 amide bonds. The lowest BCUT2D eigenvalue weighted by molar-refractivity contribution is -0.137. The molecule has 0 aromatic rings. The average Bonchev–Trinajstić information content (AvgIpc) is 2.91. The van der Waals surface area contributed by atoms with Crippen LogP contribution < -0.4 is 0 Å². The Morgan fingerprint density at radius 3 is 1.31 bits per heavy atom. The minimum absolute atomic E-state index is 0.102. The van der Waals surface area contributed by atoms with E-state index in [2.05, 4.69) is 90.3 Å². The van der Waals surface area contributed by atoms with Gasteiger partial charge in [-0.05, 0) is 111 Å². The molecule has 0 radical (unpaired) electrons. The lowest BCUT2D eigenvalue weighted by Crippen LogP contribution is -2.51. The lowest BCUT2D eigenvalue weighted by atomic mass is 10.4. The number of ether oxygens (including phenoxy) is 2. The third-order valence-corrected chi connectivity index (χ3v) is 28.2. The maximum atomic E-state index is 12.7. The van der Waals surface area contributed by atoms with E-state index >= 15 is 0 Å². The second kappa shape index (κ2) is 24.9. The molecule has 0 spiro atoms. The van der Waals surface area contributed by atoms with Crippen molar-refractivity contribution in [2.24, 2.45) is 0 Å². The number of hydrogen-bond acceptors (Lipinski definition) is 8. The van der Waals surface area contributed by atoms with Crippen molar-refractivity contribution in [1.29, 1.82) is 0 Å². The topological polar surface area (TPSA) is 89.5 Å². The van der Waals surface area contributed by atoms with E-state index < -0.39 is 77.5 Å². The summed E-state index contributed by atoms with van der Waals surface area (Å²) in [5.74, 6) is -0.761. The zero-order valence-electron chi connectivity index (χ0n) is 36.1. The minimum atomic E-state index is -4.21. The second-order valence-corrected chi connectivity index (χ2v) is 47.0. The monoisotopic (exact) mass is 854 g/mol. The van der Waals surface area contributed by atoms with Crippen LogP contribution in [0.4, 0.5) is 13.2 Å². The van der Waals surface area contributed by atoms with E-state index in [1.807, 2.05) is 26.2 Å². The minimum Gasteiger partial charge on any atom is -0.466 e. The van der Waals surface area contributed by atoms with Gasteiger partial charge < -0.3 is 26.2 Å². The molecule has 0 fully saturated rings. The summed E-state index contributed by atoms with van der Waals surface area (Å²) >= 11 is 0. The van der Waals surface area contributed by atoms with Crippen molar-refractivity contribution in [1.82, 2.24) is 0 Å². The van der Waals surface area contributed by atoms with Crippen LogP contribution in [0, 0.1) is 0 Å². The van der Waals surface area contributed by atoms with E-state index in [4.69, 9.17) is 21.5 Å². The Hall–Kier alpha value is -0.432. The zero-order chi connectivity index (χ0) is 41.9. The van der Waals surface area contributed by atoms with Crippen molar-refractivity contribution in [3.63, 3.8) is 0 Å². The van der Waals surface area contributed by atoms with Crippen LogP contribution in [-0.4, -0.2) is 97.5 Å². The van der Waals surface area contributed by atoms with Gasteiger partial charge in [0.15, 0.2) is 34.0 Å². The molecule has 8 nitrogen and oxygen atoms in total. The van der Waals surface area contributed by atoms with Crippen molar-refractivity contribution in [2.75, 3.05) is 20.4 Å². The fourth-order valence-corrected chi connectivity index (χ4v) is 28.2. The molecule has 0 bridgehead atoms. The number of carbonyl (C=O) groups excluding carboxylic acids is 2. The predicted octanol–water partition coefficient (Wildman–Crippen LogP) is 10.9. The van der Waals surface area contributed by atoms with Crippen LogP contribution in [-0.2, 0) is 35.8 Å². The van der Waals surface area contributed by atoms with Crippen molar-refractivity contribution >= 4 is 70.9 Å². The molecular formula is C33H77F3O8Si7. The van der Waals surface area contributed by atoms with Gasteiger partial charge >= 0.3 is 26.7 Å². The summed E-state index contributed by atoms with van der Waals surface area (Å²) in [6, 6.07) is 2.91. The van der Waals surface area contributed by atoms with Crippen LogP contribution in [0.1, 0.15) is 27.2 Å². The van der Waals surface area contributed by atoms with Crippen LogP contribution >= 0.6 is 0 Å². The number of carbonyl (C=O) groups is 2. The van der Waals surface area contributed by atoms with Crippen LogP contribution in [0.25, 0.3) is 0 Å². The van der Waals surface area contributed by atoms with E-state index in [1.54, 1.807) is 20.4 Å². The first-order chi connectivity index (χ1) is 22.4. The van der Waals surface area contributed by atoms with Crippen molar-refractivity contribution in [3.05, 3.63) is 24.3 Å². The van der Waals surface area contributed by atoms with Crippen LogP contribution in [0.2, 0.25) is 122 Å². The largest absolute Gasteiger partial charge is 0.466 e. The summed E-state index contributed by atoms with van der Waals surface area (Å²) in [4.78, 5) is 21.8. The molecule has 0 aliphatic rings. The summed E-state index contributed by atoms with van der Waals surface area (Å²) < 4.78 is 71.4.